The molecule has 0 aliphatic rings. The largest absolute Gasteiger partial charge is 0.507 e. The van der Waals surface area contributed by atoms with Gasteiger partial charge in [0.1, 0.15) is 5.75 Å². The van der Waals surface area contributed by atoms with Crippen LogP contribution < -0.4 is 5.43 Å². The number of nitro benzene ring substituents is 1. The molecule has 0 fully saturated rings. The van der Waals surface area contributed by atoms with Crippen molar-refractivity contribution in [1.29, 1.82) is 0 Å². The summed E-state index contributed by atoms with van der Waals surface area (Å²) >= 11 is 6.14. The molecule has 0 spiro atoms. The summed E-state index contributed by atoms with van der Waals surface area (Å²) in [6.07, 6.45) is 1.46. The minimum atomic E-state index is -0.469. The van der Waals surface area contributed by atoms with E-state index in [0.717, 1.165) is 11.1 Å². The van der Waals surface area contributed by atoms with Gasteiger partial charge in [0, 0.05) is 22.7 Å². The quantitative estimate of drug-likeness (QED) is 0.506. The summed E-state index contributed by atoms with van der Waals surface area (Å²) in [7, 11) is 0. The average Bonchev–Trinajstić information content (AvgIpc) is 2.49. The molecule has 0 radical (unpaired) electrons. The number of benzene rings is 2. The second-order valence-corrected chi connectivity index (χ2v) is 5.12. The van der Waals surface area contributed by atoms with Crippen LogP contribution in [-0.2, 0) is 0 Å². The number of hydrogen-bond acceptors (Lipinski definition) is 5. The molecular formula is C15H14ClN3O3. The summed E-state index contributed by atoms with van der Waals surface area (Å²) in [5.74, 6) is 0.0913. The van der Waals surface area contributed by atoms with Gasteiger partial charge in [-0.15, -0.1) is 0 Å². The minimum Gasteiger partial charge on any atom is -0.507 e. The number of nitrogens with zero attached hydrogens (tertiary/aromatic N) is 2. The Morgan fingerprint density at radius 2 is 1.95 bits per heavy atom. The van der Waals surface area contributed by atoms with Gasteiger partial charge in [-0.2, -0.15) is 5.10 Å². The second kappa shape index (κ2) is 6.44. The highest BCUT2D eigenvalue weighted by atomic mass is 35.5. The predicted octanol–water partition coefficient (Wildman–Crippen LogP) is 4.02. The van der Waals surface area contributed by atoms with Crippen molar-refractivity contribution in [3.63, 3.8) is 0 Å². The van der Waals surface area contributed by atoms with Crippen LogP contribution >= 0.6 is 11.6 Å². The van der Waals surface area contributed by atoms with Crippen LogP contribution in [-0.4, -0.2) is 16.2 Å². The Bertz CT molecular complexity index is 743. The van der Waals surface area contributed by atoms with Crippen LogP contribution in [0.3, 0.4) is 0 Å². The van der Waals surface area contributed by atoms with E-state index in [1.165, 1.54) is 18.3 Å². The molecule has 2 N–H and O–H groups in total. The van der Waals surface area contributed by atoms with Crippen molar-refractivity contribution in [2.75, 3.05) is 5.43 Å². The molecule has 2 aromatic rings. The van der Waals surface area contributed by atoms with Crippen molar-refractivity contribution in [3.8, 4) is 5.75 Å². The smallest absolute Gasteiger partial charge is 0.269 e. The average molecular weight is 320 g/mol. The molecule has 7 heteroatoms. The fraction of sp³-hybridized carbons (Fsp3) is 0.133. The van der Waals surface area contributed by atoms with Crippen LogP contribution in [0.4, 0.5) is 11.4 Å². The summed E-state index contributed by atoms with van der Waals surface area (Å²) in [5, 5.41) is 25.1. The molecule has 0 heterocycles. The lowest BCUT2D eigenvalue weighted by atomic mass is 10.1. The third kappa shape index (κ3) is 3.35. The second-order valence-electron chi connectivity index (χ2n) is 4.74. The van der Waals surface area contributed by atoms with Crippen LogP contribution in [0.2, 0.25) is 5.02 Å². The van der Waals surface area contributed by atoms with Crippen molar-refractivity contribution in [2.24, 2.45) is 5.10 Å². The zero-order valence-electron chi connectivity index (χ0n) is 12.0. The van der Waals surface area contributed by atoms with Gasteiger partial charge in [-0.3, -0.25) is 15.5 Å². The topological polar surface area (TPSA) is 87.8 Å². The number of hydrazone groups is 1. The Hall–Kier alpha value is -2.60. The van der Waals surface area contributed by atoms with E-state index in [2.05, 4.69) is 10.5 Å². The third-order valence-electron chi connectivity index (χ3n) is 3.17. The minimum absolute atomic E-state index is 0.00772. The van der Waals surface area contributed by atoms with Crippen molar-refractivity contribution in [2.45, 2.75) is 13.8 Å². The van der Waals surface area contributed by atoms with Gasteiger partial charge in [-0.25, -0.2) is 0 Å². The number of non-ortho nitro benzene ring substituents is 1. The molecule has 0 amide bonds. The summed E-state index contributed by atoms with van der Waals surface area (Å²) in [6.45, 7) is 3.60. The molecule has 2 aromatic carbocycles. The van der Waals surface area contributed by atoms with E-state index in [1.54, 1.807) is 25.1 Å². The lowest BCUT2D eigenvalue weighted by molar-refractivity contribution is -0.384. The number of rotatable bonds is 4. The van der Waals surface area contributed by atoms with E-state index in [-0.39, 0.29) is 11.4 Å². The SMILES string of the molecule is Cc1cc(O)c(/C=N\Nc2ccc([N+](=O)[O-])cc2)c(C)c1Cl. The van der Waals surface area contributed by atoms with Crippen LogP contribution in [0.5, 0.6) is 5.75 Å². The predicted molar refractivity (Wildman–Crippen MR) is 86.9 cm³/mol. The Kier molecular flexibility index (Phi) is 4.62. The van der Waals surface area contributed by atoms with E-state index in [1.807, 2.05) is 6.92 Å². The summed E-state index contributed by atoms with van der Waals surface area (Å²) in [6, 6.07) is 7.42. The molecule has 0 aliphatic heterocycles. The molecule has 22 heavy (non-hydrogen) atoms. The van der Waals surface area contributed by atoms with Crippen LogP contribution in [0, 0.1) is 24.0 Å². The molecule has 0 atom stereocenters. The molecule has 0 unspecified atom stereocenters. The van der Waals surface area contributed by atoms with E-state index in [4.69, 9.17) is 11.6 Å². The van der Waals surface area contributed by atoms with Crippen molar-refractivity contribution in [3.05, 3.63) is 62.2 Å². The molecule has 0 aromatic heterocycles. The van der Waals surface area contributed by atoms with E-state index in [9.17, 15) is 15.2 Å². The van der Waals surface area contributed by atoms with Crippen LogP contribution in [0.1, 0.15) is 16.7 Å². The Labute approximate surface area is 132 Å². The number of hydrogen-bond donors (Lipinski definition) is 2. The maximum atomic E-state index is 10.6. The van der Waals surface area contributed by atoms with Gasteiger partial charge in [0.15, 0.2) is 0 Å². The number of aryl methyl sites for hydroxylation is 1. The van der Waals surface area contributed by atoms with Gasteiger partial charge in [-0.05, 0) is 43.2 Å². The van der Waals surface area contributed by atoms with Gasteiger partial charge in [0.25, 0.3) is 5.69 Å². The highest BCUT2D eigenvalue weighted by Gasteiger charge is 2.09. The van der Waals surface area contributed by atoms with Crippen molar-refractivity contribution in [1.82, 2.24) is 0 Å². The monoisotopic (exact) mass is 319 g/mol. The fourth-order valence-electron chi connectivity index (χ4n) is 1.94. The number of halogens is 1. The lowest BCUT2D eigenvalue weighted by Gasteiger charge is -2.08. The Balaban J connectivity index is 2.16. The summed E-state index contributed by atoms with van der Waals surface area (Å²) in [4.78, 5) is 10.1. The Morgan fingerprint density at radius 3 is 2.55 bits per heavy atom. The highest BCUT2D eigenvalue weighted by molar-refractivity contribution is 6.32. The first-order chi connectivity index (χ1) is 10.4. The molecule has 2 rings (SSSR count). The van der Waals surface area contributed by atoms with Gasteiger partial charge in [0.2, 0.25) is 0 Å². The number of nitro groups is 1. The zero-order chi connectivity index (χ0) is 16.3. The molecule has 0 bridgehead atoms. The molecule has 6 nitrogen and oxygen atoms in total. The van der Waals surface area contributed by atoms with Gasteiger partial charge in [0.05, 0.1) is 16.8 Å². The van der Waals surface area contributed by atoms with Crippen LogP contribution in [0.25, 0.3) is 0 Å². The molecule has 114 valence electrons. The molecular weight excluding hydrogens is 306 g/mol. The summed E-state index contributed by atoms with van der Waals surface area (Å²) < 4.78 is 0. The number of anilines is 1. The van der Waals surface area contributed by atoms with Crippen molar-refractivity contribution >= 4 is 29.2 Å². The van der Waals surface area contributed by atoms with Crippen molar-refractivity contribution < 1.29 is 10.0 Å². The first-order valence-electron chi connectivity index (χ1n) is 6.42. The molecule has 0 aliphatic carbocycles. The number of phenolic OH excluding ortho intramolecular Hbond substituents is 1. The first-order valence-corrected chi connectivity index (χ1v) is 6.80. The number of phenols is 1. The standard InChI is InChI=1S/C15H14ClN3O3/c1-9-7-14(20)13(10(2)15(9)16)8-17-18-11-3-5-12(6-4-11)19(21)22/h3-8,18,20H,1-2H3/b17-8-. The normalized spacial score (nSPS) is 10.9. The number of nitrogens with one attached hydrogen (secondary N) is 1. The maximum absolute atomic E-state index is 10.6. The van der Waals surface area contributed by atoms with Gasteiger partial charge in [-0.1, -0.05) is 11.6 Å². The fourth-order valence-corrected chi connectivity index (χ4v) is 2.10. The van der Waals surface area contributed by atoms with E-state index < -0.39 is 4.92 Å². The van der Waals surface area contributed by atoms with Gasteiger partial charge >= 0.3 is 0 Å². The highest BCUT2D eigenvalue weighted by Crippen LogP contribution is 2.29. The van der Waals surface area contributed by atoms with E-state index in [0.29, 0.717) is 16.3 Å². The maximum Gasteiger partial charge on any atom is 0.269 e. The Morgan fingerprint density at radius 1 is 1.32 bits per heavy atom. The lowest BCUT2D eigenvalue weighted by Crippen LogP contribution is -1.95. The number of aromatic hydroxyl groups is 1. The van der Waals surface area contributed by atoms with Crippen LogP contribution in [0.15, 0.2) is 35.4 Å². The molecule has 0 saturated carbocycles. The third-order valence-corrected chi connectivity index (χ3v) is 3.76. The summed E-state index contributed by atoms with van der Waals surface area (Å²) in [5.41, 5.74) is 5.38. The molecule has 0 saturated heterocycles. The van der Waals surface area contributed by atoms with E-state index >= 15 is 0 Å². The van der Waals surface area contributed by atoms with Gasteiger partial charge < -0.3 is 5.11 Å². The first kappa shape index (κ1) is 15.8. The zero-order valence-corrected chi connectivity index (χ0v) is 12.8.